The van der Waals surface area contributed by atoms with E-state index in [-0.39, 0.29) is 49.7 Å². The van der Waals surface area contributed by atoms with Crippen molar-refractivity contribution in [3.8, 4) is 22.6 Å². The molecule has 4 aromatic carbocycles. The molecule has 270 valence electrons. The van der Waals surface area contributed by atoms with Gasteiger partial charge in [0, 0.05) is 24.7 Å². The third kappa shape index (κ3) is 9.42. The largest absolute Gasteiger partial charge is 0.508 e. The molecule has 0 radical (unpaired) electrons. The molecule has 0 aliphatic heterocycles. The van der Waals surface area contributed by atoms with Crippen LogP contribution in [0.15, 0.2) is 97.1 Å². The number of benzene rings is 4. The fourth-order valence-corrected chi connectivity index (χ4v) is 6.44. The van der Waals surface area contributed by atoms with Gasteiger partial charge in [0.15, 0.2) is 5.78 Å². The lowest BCUT2D eigenvalue weighted by Crippen LogP contribution is -2.48. The van der Waals surface area contributed by atoms with Crippen LogP contribution < -0.4 is 16.4 Å². The van der Waals surface area contributed by atoms with E-state index in [1.54, 1.807) is 24.3 Å². The zero-order chi connectivity index (χ0) is 37.4. The summed E-state index contributed by atoms with van der Waals surface area (Å²) in [6.07, 6.45) is -0.239. The minimum Gasteiger partial charge on any atom is -0.508 e. The number of ether oxygens (including phenoxy) is 1. The number of Topliss-reactive ketones (excluding diaryl/α,β-unsaturated/α-hetero) is 1. The molecule has 0 spiro atoms. The number of rotatable bonds is 16. The molecule has 52 heavy (non-hydrogen) atoms. The first-order valence-corrected chi connectivity index (χ1v) is 17.2. The molecule has 0 saturated carbocycles. The number of phenols is 2. The summed E-state index contributed by atoms with van der Waals surface area (Å²) >= 11 is 0. The van der Waals surface area contributed by atoms with Gasteiger partial charge in [-0.25, -0.2) is 0 Å². The summed E-state index contributed by atoms with van der Waals surface area (Å²) in [6, 6.07) is 26.4. The van der Waals surface area contributed by atoms with Gasteiger partial charge >= 0.3 is 5.97 Å². The standard InChI is InChI=1S/C41H43N3O8/c1-24(40(50)44-36(39(42)49)21-27-13-17-30(46)18-14-27)19-37(47)25(2)43-41(51)28(20-26-11-15-29(45)16-12-26)22-38(48)52-23-35-33-9-5-3-7-31(33)32-8-4-6-10-34(32)35/h3-18,24-25,28,35-36,45-46H,19-23H2,1-2H3,(H2,42,49)(H,43,51)(H,44,50)/t24-,25+,28-,36+/m1/s1. The number of carbonyl (C=O) groups excluding carboxylic acids is 5. The van der Waals surface area contributed by atoms with Crippen LogP contribution in [0.2, 0.25) is 0 Å². The number of carbonyl (C=O) groups is 5. The first-order valence-electron chi connectivity index (χ1n) is 17.2. The fraction of sp³-hybridized carbons (Fsp3) is 0.293. The summed E-state index contributed by atoms with van der Waals surface area (Å²) in [7, 11) is 0. The van der Waals surface area contributed by atoms with Crippen LogP contribution in [0.25, 0.3) is 11.1 Å². The Kier molecular flexibility index (Phi) is 12.1. The Morgan fingerprint density at radius 3 is 1.75 bits per heavy atom. The Labute approximate surface area is 302 Å². The van der Waals surface area contributed by atoms with Crippen molar-refractivity contribution in [1.29, 1.82) is 0 Å². The fourth-order valence-electron chi connectivity index (χ4n) is 6.44. The number of esters is 1. The summed E-state index contributed by atoms with van der Waals surface area (Å²) < 4.78 is 5.79. The Morgan fingerprint density at radius 1 is 0.692 bits per heavy atom. The van der Waals surface area contributed by atoms with Gasteiger partial charge in [0.2, 0.25) is 17.7 Å². The Morgan fingerprint density at radius 2 is 1.21 bits per heavy atom. The lowest BCUT2D eigenvalue weighted by atomic mass is 9.94. The first kappa shape index (κ1) is 37.3. The van der Waals surface area contributed by atoms with E-state index < -0.39 is 53.4 Å². The van der Waals surface area contributed by atoms with Crippen molar-refractivity contribution in [2.45, 2.75) is 57.5 Å². The quantitative estimate of drug-likeness (QED) is 0.107. The Balaban J connectivity index is 1.19. The average Bonchev–Trinajstić information content (AvgIpc) is 3.45. The van der Waals surface area contributed by atoms with Crippen LogP contribution in [-0.2, 0) is 41.6 Å². The van der Waals surface area contributed by atoms with Gasteiger partial charge in [0.25, 0.3) is 0 Å². The van der Waals surface area contributed by atoms with Crippen LogP contribution in [0.4, 0.5) is 0 Å². The van der Waals surface area contributed by atoms with E-state index >= 15 is 0 Å². The van der Waals surface area contributed by atoms with Gasteiger partial charge in [0.05, 0.1) is 18.4 Å². The van der Waals surface area contributed by atoms with Gasteiger partial charge < -0.3 is 31.3 Å². The minimum absolute atomic E-state index is 0.0562. The van der Waals surface area contributed by atoms with Crippen molar-refractivity contribution in [2.24, 2.45) is 17.6 Å². The maximum atomic E-state index is 13.6. The normalized spacial score (nSPS) is 14.2. The van der Waals surface area contributed by atoms with Crippen LogP contribution in [-0.4, -0.2) is 58.4 Å². The summed E-state index contributed by atoms with van der Waals surface area (Å²) in [5, 5.41) is 24.6. The summed E-state index contributed by atoms with van der Waals surface area (Å²) in [6.45, 7) is 3.14. The molecule has 3 amide bonds. The van der Waals surface area contributed by atoms with E-state index in [9.17, 15) is 34.2 Å². The van der Waals surface area contributed by atoms with Crippen molar-refractivity contribution in [3.05, 3.63) is 119 Å². The second kappa shape index (κ2) is 16.8. The number of fused-ring (bicyclic) bond motifs is 3. The van der Waals surface area contributed by atoms with E-state index in [4.69, 9.17) is 10.5 Å². The molecule has 0 bridgehead atoms. The molecular weight excluding hydrogens is 662 g/mol. The predicted octanol–water partition coefficient (Wildman–Crippen LogP) is 4.32. The number of primary amides is 1. The average molecular weight is 706 g/mol. The Hall–Kier alpha value is -5.97. The number of nitrogens with two attached hydrogens (primary N) is 1. The van der Waals surface area contributed by atoms with Gasteiger partial charge in [-0.2, -0.15) is 0 Å². The Bertz CT molecular complexity index is 1880. The van der Waals surface area contributed by atoms with Crippen LogP contribution in [0, 0.1) is 11.8 Å². The molecule has 0 aromatic heterocycles. The second-order valence-corrected chi connectivity index (χ2v) is 13.3. The highest BCUT2D eigenvalue weighted by atomic mass is 16.5. The number of aromatic hydroxyl groups is 2. The van der Waals surface area contributed by atoms with Crippen molar-refractivity contribution >= 4 is 29.5 Å². The van der Waals surface area contributed by atoms with E-state index in [1.165, 1.54) is 38.1 Å². The monoisotopic (exact) mass is 705 g/mol. The molecule has 6 N–H and O–H groups in total. The van der Waals surface area contributed by atoms with Gasteiger partial charge in [-0.1, -0.05) is 79.7 Å². The maximum Gasteiger partial charge on any atom is 0.306 e. The lowest BCUT2D eigenvalue weighted by Gasteiger charge is -2.22. The molecule has 11 heteroatoms. The summed E-state index contributed by atoms with van der Waals surface area (Å²) in [5.41, 5.74) is 11.2. The number of nitrogens with one attached hydrogen (secondary N) is 2. The topological polar surface area (TPSA) is 185 Å². The molecule has 4 atom stereocenters. The van der Waals surface area contributed by atoms with Crippen molar-refractivity contribution < 1.29 is 38.9 Å². The van der Waals surface area contributed by atoms with Crippen molar-refractivity contribution in [2.75, 3.05) is 6.61 Å². The predicted molar refractivity (Wildman–Crippen MR) is 194 cm³/mol. The third-order valence-corrected chi connectivity index (χ3v) is 9.41. The van der Waals surface area contributed by atoms with Gasteiger partial charge in [0.1, 0.15) is 24.1 Å². The van der Waals surface area contributed by atoms with Crippen LogP contribution in [0.3, 0.4) is 0 Å². The lowest BCUT2D eigenvalue weighted by molar-refractivity contribution is -0.147. The van der Waals surface area contributed by atoms with Gasteiger partial charge in [-0.15, -0.1) is 0 Å². The highest BCUT2D eigenvalue weighted by Gasteiger charge is 2.32. The molecule has 0 heterocycles. The van der Waals surface area contributed by atoms with Crippen LogP contribution in [0.1, 0.15) is 54.9 Å². The molecule has 5 rings (SSSR count). The molecule has 1 aliphatic rings. The zero-order valence-corrected chi connectivity index (χ0v) is 29.1. The molecule has 0 saturated heterocycles. The summed E-state index contributed by atoms with van der Waals surface area (Å²) in [5.74, 6) is -4.62. The summed E-state index contributed by atoms with van der Waals surface area (Å²) in [4.78, 5) is 65.1. The van der Waals surface area contributed by atoms with Crippen LogP contribution in [0.5, 0.6) is 11.5 Å². The van der Waals surface area contributed by atoms with E-state index in [1.807, 2.05) is 48.5 Å². The third-order valence-electron chi connectivity index (χ3n) is 9.41. The first-order chi connectivity index (χ1) is 24.9. The number of ketones is 1. The molecular formula is C41H43N3O8. The molecule has 0 fully saturated rings. The maximum absolute atomic E-state index is 13.6. The minimum atomic E-state index is -1.04. The SMILES string of the molecule is C[C@H](CC(=O)[C@H](C)NC(=O)[C@@H](CC(=O)OCC1c2ccccc2-c2ccccc21)Cc1ccc(O)cc1)C(=O)N[C@@H](Cc1ccc(O)cc1)C(N)=O. The molecule has 1 aliphatic carbocycles. The molecule has 11 nitrogen and oxygen atoms in total. The van der Waals surface area contributed by atoms with Crippen molar-refractivity contribution in [3.63, 3.8) is 0 Å². The van der Waals surface area contributed by atoms with E-state index in [0.717, 1.165) is 22.3 Å². The highest BCUT2D eigenvalue weighted by Crippen LogP contribution is 2.44. The highest BCUT2D eigenvalue weighted by molar-refractivity contribution is 5.94. The smallest absolute Gasteiger partial charge is 0.306 e. The number of amides is 3. The second-order valence-electron chi connectivity index (χ2n) is 13.3. The van der Waals surface area contributed by atoms with Gasteiger partial charge in [-0.3, -0.25) is 24.0 Å². The van der Waals surface area contributed by atoms with Gasteiger partial charge in [-0.05, 0) is 71.0 Å². The number of hydrogen-bond acceptors (Lipinski definition) is 8. The van der Waals surface area contributed by atoms with E-state index in [0.29, 0.717) is 11.1 Å². The van der Waals surface area contributed by atoms with Crippen molar-refractivity contribution in [1.82, 2.24) is 10.6 Å². The molecule has 4 aromatic rings. The van der Waals surface area contributed by atoms with Crippen LogP contribution >= 0.6 is 0 Å². The van der Waals surface area contributed by atoms with E-state index in [2.05, 4.69) is 10.6 Å². The number of phenolic OH excluding ortho intramolecular Hbond substituents is 2. The zero-order valence-electron chi connectivity index (χ0n) is 29.1. The molecule has 0 unspecified atom stereocenters. The number of hydrogen-bond donors (Lipinski definition) is 5.